The van der Waals surface area contributed by atoms with Gasteiger partial charge in [-0.05, 0) is 36.4 Å². The summed E-state index contributed by atoms with van der Waals surface area (Å²) in [5.74, 6) is 0.707. The monoisotopic (exact) mass is 333 g/mol. The van der Waals surface area contributed by atoms with Gasteiger partial charge in [-0.1, -0.05) is 18.2 Å². The smallest absolute Gasteiger partial charge is 0.334 e. The van der Waals surface area contributed by atoms with Crippen molar-refractivity contribution in [1.82, 2.24) is 9.78 Å². The fourth-order valence-electron chi connectivity index (χ4n) is 2.65. The van der Waals surface area contributed by atoms with Gasteiger partial charge in [0.05, 0.1) is 18.4 Å². The number of benzene rings is 2. The van der Waals surface area contributed by atoms with Crippen LogP contribution in [0.5, 0.6) is 5.75 Å². The van der Waals surface area contributed by atoms with Crippen molar-refractivity contribution in [2.75, 3.05) is 13.7 Å². The van der Waals surface area contributed by atoms with Crippen LogP contribution in [0.15, 0.2) is 65.8 Å². The number of rotatable bonds is 4. The Morgan fingerprint density at radius 1 is 1.08 bits per heavy atom. The van der Waals surface area contributed by atoms with Crippen LogP contribution in [0.3, 0.4) is 0 Å². The second-order valence-corrected chi connectivity index (χ2v) is 5.50. The predicted octanol–water partition coefficient (Wildman–Crippen LogP) is 2.85. The highest BCUT2D eigenvalue weighted by atomic mass is 16.6. The second kappa shape index (κ2) is 6.24. The number of ether oxygens (including phenoxy) is 2. The number of para-hydroxylation sites is 1. The van der Waals surface area contributed by atoms with Crippen LogP contribution in [-0.4, -0.2) is 35.3 Å². The number of carbonyl (C=O) groups is 1. The number of methoxy groups -OCH3 is 1. The van der Waals surface area contributed by atoms with Crippen molar-refractivity contribution in [3.8, 4) is 22.7 Å². The molecule has 2 aromatic carbocycles. The van der Waals surface area contributed by atoms with Crippen molar-refractivity contribution in [3.63, 3.8) is 0 Å². The molecule has 4 rings (SSSR count). The third-order valence-electron chi connectivity index (χ3n) is 3.89. The van der Waals surface area contributed by atoms with Gasteiger partial charge in [-0.3, -0.25) is 0 Å². The Balaban J connectivity index is 1.83. The minimum atomic E-state index is -0.358. The maximum Gasteiger partial charge on any atom is 0.334 e. The van der Waals surface area contributed by atoms with Gasteiger partial charge >= 0.3 is 5.97 Å². The molecule has 0 bridgehead atoms. The summed E-state index contributed by atoms with van der Waals surface area (Å²) in [6.45, 7) is 0.0356. The molecule has 25 heavy (non-hydrogen) atoms. The molecule has 1 aromatic heterocycles. The van der Waals surface area contributed by atoms with E-state index in [1.54, 1.807) is 11.8 Å². The van der Waals surface area contributed by atoms with E-state index in [4.69, 9.17) is 9.47 Å². The summed E-state index contributed by atoms with van der Waals surface area (Å²) in [6.07, 6.45) is 1.83. The zero-order valence-corrected chi connectivity index (χ0v) is 13.5. The number of cyclic esters (lactones) is 1. The van der Waals surface area contributed by atoms with E-state index in [-0.39, 0.29) is 12.5 Å². The summed E-state index contributed by atoms with van der Waals surface area (Å²) >= 11 is 0. The van der Waals surface area contributed by atoms with E-state index in [0.29, 0.717) is 17.2 Å². The third kappa shape index (κ3) is 2.89. The van der Waals surface area contributed by atoms with Crippen molar-refractivity contribution in [2.24, 2.45) is 4.99 Å². The molecule has 0 amide bonds. The summed E-state index contributed by atoms with van der Waals surface area (Å²) in [4.78, 5) is 15.6. The third-order valence-corrected chi connectivity index (χ3v) is 3.89. The Labute approximate surface area is 144 Å². The molecule has 0 aliphatic carbocycles. The molecular formula is C19H15N3O3. The molecule has 124 valence electrons. The lowest BCUT2D eigenvalue weighted by Gasteiger charge is -2.03. The van der Waals surface area contributed by atoms with Crippen LogP contribution in [0.4, 0.5) is 0 Å². The quantitative estimate of drug-likeness (QED) is 0.689. The average Bonchev–Trinajstić information content (AvgIpc) is 3.29. The SMILES string of the molecule is COc1ccc(-c2nn(-c3ccccc3)cc2C2=NCC(=O)O2)cc1. The van der Waals surface area contributed by atoms with Crippen LogP contribution in [0.25, 0.3) is 16.9 Å². The van der Waals surface area contributed by atoms with Gasteiger partial charge in [0, 0.05) is 11.8 Å². The number of nitrogens with zero attached hydrogens (tertiary/aromatic N) is 3. The first-order chi connectivity index (χ1) is 12.2. The largest absolute Gasteiger partial charge is 0.497 e. The lowest BCUT2D eigenvalue weighted by atomic mass is 10.1. The first kappa shape index (κ1) is 15.1. The summed E-state index contributed by atoms with van der Waals surface area (Å²) < 4.78 is 12.2. The molecular weight excluding hydrogens is 318 g/mol. The average molecular weight is 333 g/mol. The number of aliphatic imine (C=N–C) groups is 1. The first-order valence-corrected chi connectivity index (χ1v) is 7.79. The van der Waals surface area contributed by atoms with Gasteiger partial charge < -0.3 is 9.47 Å². The zero-order valence-electron chi connectivity index (χ0n) is 13.5. The Morgan fingerprint density at radius 2 is 1.84 bits per heavy atom. The van der Waals surface area contributed by atoms with Gasteiger partial charge in [-0.25, -0.2) is 14.5 Å². The van der Waals surface area contributed by atoms with Crippen LogP contribution < -0.4 is 4.74 Å². The van der Waals surface area contributed by atoms with Crippen molar-refractivity contribution < 1.29 is 14.3 Å². The maximum atomic E-state index is 11.5. The number of aromatic nitrogens is 2. The van der Waals surface area contributed by atoms with Gasteiger partial charge in [0.15, 0.2) is 0 Å². The van der Waals surface area contributed by atoms with Crippen LogP contribution >= 0.6 is 0 Å². The Kier molecular flexibility index (Phi) is 3.78. The molecule has 0 atom stereocenters. The van der Waals surface area contributed by atoms with E-state index < -0.39 is 0 Å². The number of hydrogen-bond donors (Lipinski definition) is 0. The molecule has 0 unspecified atom stereocenters. The van der Waals surface area contributed by atoms with Crippen LogP contribution in [0, 0.1) is 0 Å². The number of carbonyl (C=O) groups excluding carboxylic acids is 1. The van der Waals surface area contributed by atoms with Crippen LogP contribution in [0.2, 0.25) is 0 Å². The second-order valence-electron chi connectivity index (χ2n) is 5.50. The lowest BCUT2D eigenvalue weighted by molar-refractivity contribution is -0.132. The van der Waals surface area contributed by atoms with Crippen LogP contribution in [0.1, 0.15) is 5.56 Å². The Bertz CT molecular complexity index is 944. The summed E-state index contributed by atoms with van der Waals surface area (Å²) in [5.41, 5.74) is 3.17. The van der Waals surface area contributed by atoms with Crippen molar-refractivity contribution >= 4 is 11.9 Å². The van der Waals surface area contributed by atoms with E-state index >= 15 is 0 Å². The normalized spacial score (nSPS) is 13.5. The van der Waals surface area contributed by atoms with Gasteiger partial charge in [-0.15, -0.1) is 0 Å². The molecule has 6 heteroatoms. The highest BCUT2D eigenvalue weighted by Gasteiger charge is 2.24. The predicted molar refractivity (Wildman–Crippen MR) is 93.0 cm³/mol. The molecule has 0 radical (unpaired) electrons. The van der Waals surface area contributed by atoms with Gasteiger partial charge in [-0.2, -0.15) is 5.10 Å². The minimum absolute atomic E-state index is 0.0356. The molecule has 6 nitrogen and oxygen atoms in total. The molecule has 0 spiro atoms. The molecule has 0 fully saturated rings. The van der Waals surface area contributed by atoms with E-state index in [1.165, 1.54) is 0 Å². The van der Waals surface area contributed by atoms with E-state index in [0.717, 1.165) is 17.0 Å². The van der Waals surface area contributed by atoms with Crippen molar-refractivity contribution in [3.05, 3.63) is 66.4 Å². The molecule has 3 aromatic rings. The lowest BCUT2D eigenvalue weighted by Crippen LogP contribution is -2.06. The summed E-state index contributed by atoms with van der Waals surface area (Å²) in [5, 5.41) is 4.68. The van der Waals surface area contributed by atoms with Crippen molar-refractivity contribution in [2.45, 2.75) is 0 Å². The van der Waals surface area contributed by atoms with Gasteiger partial charge in [0.25, 0.3) is 0 Å². The maximum absolute atomic E-state index is 11.5. The number of hydrogen-bond acceptors (Lipinski definition) is 5. The Hall–Kier alpha value is -3.41. The fraction of sp³-hybridized carbons (Fsp3) is 0.105. The topological polar surface area (TPSA) is 65.7 Å². The van der Waals surface area contributed by atoms with Gasteiger partial charge in [0.1, 0.15) is 18.0 Å². The van der Waals surface area contributed by atoms with Crippen molar-refractivity contribution in [1.29, 1.82) is 0 Å². The number of esters is 1. The summed E-state index contributed by atoms with van der Waals surface area (Å²) in [7, 11) is 1.62. The first-order valence-electron chi connectivity index (χ1n) is 7.79. The highest BCUT2D eigenvalue weighted by Crippen LogP contribution is 2.27. The van der Waals surface area contributed by atoms with Gasteiger partial charge in [0.2, 0.25) is 5.90 Å². The summed E-state index contributed by atoms with van der Waals surface area (Å²) in [6, 6.07) is 17.3. The molecule has 2 heterocycles. The molecule has 0 saturated carbocycles. The molecule has 1 aliphatic rings. The minimum Gasteiger partial charge on any atom is -0.497 e. The Morgan fingerprint density at radius 3 is 2.48 bits per heavy atom. The van der Waals surface area contributed by atoms with E-state index in [1.807, 2.05) is 60.8 Å². The molecule has 1 aliphatic heterocycles. The zero-order chi connectivity index (χ0) is 17.2. The molecule has 0 N–H and O–H groups in total. The molecule has 0 saturated heterocycles. The fourth-order valence-corrected chi connectivity index (χ4v) is 2.65. The standard InChI is InChI=1S/C19H15N3O3/c1-24-15-9-7-13(8-10-15)18-16(19-20-11-17(23)25-19)12-22(21-18)14-5-3-2-4-6-14/h2-10,12H,11H2,1H3. The highest BCUT2D eigenvalue weighted by molar-refractivity contribution is 6.08. The van der Waals surface area contributed by atoms with Crippen LogP contribution in [-0.2, 0) is 9.53 Å². The van der Waals surface area contributed by atoms with E-state index in [2.05, 4.69) is 10.1 Å². The van der Waals surface area contributed by atoms with E-state index in [9.17, 15) is 4.79 Å².